The van der Waals surface area contributed by atoms with Crippen molar-refractivity contribution in [3.8, 4) is 5.75 Å². The quantitative estimate of drug-likeness (QED) is 0.374. The van der Waals surface area contributed by atoms with Gasteiger partial charge in [-0.15, -0.1) is 0 Å². The molecule has 0 saturated carbocycles. The molecule has 1 atom stereocenters. The molecule has 0 aliphatic carbocycles. The van der Waals surface area contributed by atoms with Crippen LogP contribution in [0.1, 0.15) is 52.7 Å². The summed E-state index contributed by atoms with van der Waals surface area (Å²) in [6, 6.07) is 7.38. The third kappa shape index (κ3) is 7.63. The van der Waals surface area contributed by atoms with Gasteiger partial charge in [-0.1, -0.05) is 17.7 Å². The van der Waals surface area contributed by atoms with Crippen LogP contribution >= 0.6 is 11.6 Å². The first-order chi connectivity index (χ1) is 19.9. The third-order valence-electron chi connectivity index (χ3n) is 7.83. The summed E-state index contributed by atoms with van der Waals surface area (Å²) in [6.45, 7) is 5.38. The Morgan fingerprint density at radius 2 is 2.07 bits per heavy atom. The molecule has 0 radical (unpaired) electrons. The second-order valence-corrected chi connectivity index (χ2v) is 11.2. The number of hydrogen-bond acceptors (Lipinski definition) is 8. The molecule has 1 aromatic carbocycles. The van der Waals surface area contributed by atoms with Gasteiger partial charge in [0.15, 0.2) is 12.2 Å². The summed E-state index contributed by atoms with van der Waals surface area (Å²) in [4.78, 5) is 36.8. The first-order valence-corrected chi connectivity index (χ1v) is 14.4. The predicted octanol–water partition coefficient (Wildman–Crippen LogP) is 3.25. The largest absolute Gasteiger partial charge is 0.484 e. The lowest BCUT2D eigenvalue weighted by atomic mass is 9.91. The Labute approximate surface area is 244 Å². The molecular formula is C30H36ClN5O5. The standard InChI is InChI=1S/C30H36ClN5O5/c1-20(37)36-10-5-21(6-11-36)12-24-13-22(4-8-33-24)30(39)34-14-25(38)17-35-9-7-27-23(16-35)2-3-28(29(27)31)40-18-26-15-32-19-41-26/h2-4,8,13,15,19,21,25,38H,5-7,9-12,14,16-18H2,1H3,(H,34,39)/t25-/m0/s1. The first-order valence-electron chi connectivity index (χ1n) is 14.0. The minimum Gasteiger partial charge on any atom is -0.484 e. The number of pyridine rings is 1. The van der Waals surface area contributed by atoms with Crippen molar-refractivity contribution >= 4 is 23.4 Å². The lowest BCUT2D eigenvalue weighted by Crippen LogP contribution is -2.42. The maximum atomic E-state index is 12.8. The Bertz CT molecular complexity index is 1340. The van der Waals surface area contributed by atoms with E-state index in [4.69, 9.17) is 20.8 Å². The highest BCUT2D eigenvalue weighted by Crippen LogP contribution is 2.34. The molecule has 41 heavy (non-hydrogen) atoms. The van der Waals surface area contributed by atoms with Crippen LogP contribution in [0.25, 0.3) is 0 Å². The number of carbonyl (C=O) groups excluding carboxylic acids is 2. The number of benzene rings is 1. The van der Waals surface area contributed by atoms with E-state index in [1.54, 1.807) is 25.4 Å². The Hall–Kier alpha value is -3.47. The van der Waals surface area contributed by atoms with Gasteiger partial charge >= 0.3 is 0 Å². The van der Waals surface area contributed by atoms with Gasteiger partial charge in [0.1, 0.15) is 12.4 Å². The SMILES string of the molecule is CC(=O)N1CCC(Cc2cc(C(=O)NC[C@H](O)CN3CCc4c(ccc(OCc5cnco5)c4Cl)C3)ccn2)CC1. The highest BCUT2D eigenvalue weighted by Gasteiger charge is 2.24. The van der Waals surface area contributed by atoms with E-state index in [-0.39, 0.29) is 25.0 Å². The Kier molecular flexibility index (Phi) is 9.53. The van der Waals surface area contributed by atoms with Crippen LogP contribution in [0.15, 0.2) is 47.5 Å². The summed E-state index contributed by atoms with van der Waals surface area (Å²) in [7, 11) is 0. The number of aromatic nitrogens is 2. The molecule has 1 fully saturated rings. The number of amides is 2. The lowest BCUT2D eigenvalue weighted by molar-refractivity contribution is -0.130. The second kappa shape index (κ2) is 13.5. The topological polar surface area (TPSA) is 121 Å². The number of rotatable bonds is 10. The molecule has 1 saturated heterocycles. The fourth-order valence-electron chi connectivity index (χ4n) is 5.53. The number of piperidine rings is 1. The predicted molar refractivity (Wildman–Crippen MR) is 153 cm³/mol. The summed E-state index contributed by atoms with van der Waals surface area (Å²) in [6.07, 6.45) is 7.31. The summed E-state index contributed by atoms with van der Waals surface area (Å²) in [5, 5.41) is 14.1. The molecule has 2 amide bonds. The van der Waals surface area contributed by atoms with Gasteiger partial charge in [-0.25, -0.2) is 4.98 Å². The van der Waals surface area contributed by atoms with E-state index < -0.39 is 6.10 Å². The van der Waals surface area contributed by atoms with E-state index in [0.29, 0.717) is 41.1 Å². The average Bonchev–Trinajstić information content (AvgIpc) is 3.50. The van der Waals surface area contributed by atoms with Gasteiger partial charge in [0.25, 0.3) is 5.91 Å². The normalized spacial score (nSPS) is 16.7. The number of aliphatic hydroxyl groups is 1. The van der Waals surface area contributed by atoms with Gasteiger partial charge in [0, 0.05) is 63.6 Å². The fourth-order valence-corrected chi connectivity index (χ4v) is 5.86. The van der Waals surface area contributed by atoms with Gasteiger partial charge in [0.05, 0.1) is 17.3 Å². The Morgan fingerprint density at radius 3 is 2.83 bits per heavy atom. The van der Waals surface area contributed by atoms with Gasteiger partial charge in [-0.2, -0.15) is 0 Å². The van der Waals surface area contributed by atoms with E-state index in [9.17, 15) is 14.7 Å². The highest BCUT2D eigenvalue weighted by molar-refractivity contribution is 6.33. The molecular weight excluding hydrogens is 546 g/mol. The van der Waals surface area contributed by atoms with Gasteiger partial charge in [0.2, 0.25) is 5.91 Å². The van der Waals surface area contributed by atoms with Crippen LogP contribution in [0.4, 0.5) is 0 Å². The van der Waals surface area contributed by atoms with Crippen molar-refractivity contribution in [2.75, 3.05) is 32.7 Å². The van der Waals surface area contributed by atoms with Crippen molar-refractivity contribution in [1.29, 1.82) is 0 Å². The number of nitrogens with one attached hydrogen (secondary N) is 1. The summed E-state index contributed by atoms with van der Waals surface area (Å²) in [5.74, 6) is 1.57. The van der Waals surface area contributed by atoms with Crippen molar-refractivity contribution < 1.29 is 23.8 Å². The molecule has 3 aromatic rings. The number of ether oxygens (including phenoxy) is 1. The zero-order chi connectivity index (χ0) is 28.8. The molecule has 11 heteroatoms. The van der Waals surface area contributed by atoms with Crippen LogP contribution in [0.5, 0.6) is 5.75 Å². The van der Waals surface area contributed by atoms with Crippen LogP contribution in [0.2, 0.25) is 5.02 Å². The molecule has 2 aromatic heterocycles. The Balaban J connectivity index is 1.07. The van der Waals surface area contributed by atoms with Gasteiger partial charge < -0.3 is 24.5 Å². The maximum Gasteiger partial charge on any atom is 0.251 e. The van der Waals surface area contributed by atoms with E-state index in [1.807, 2.05) is 23.1 Å². The monoisotopic (exact) mass is 581 g/mol. The van der Waals surface area contributed by atoms with Crippen LogP contribution in [-0.2, 0) is 30.8 Å². The minimum absolute atomic E-state index is 0.122. The molecule has 0 unspecified atom stereocenters. The fraction of sp³-hybridized carbons (Fsp3) is 0.467. The third-order valence-corrected chi connectivity index (χ3v) is 8.25. The number of nitrogens with zero attached hydrogens (tertiary/aromatic N) is 4. The summed E-state index contributed by atoms with van der Waals surface area (Å²) in [5.41, 5.74) is 3.56. The van der Waals surface area contributed by atoms with Crippen LogP contribution in [0.3, 0.4) is 0 Å². The maximum absolute atomic E-state index is 12.8. The highest BCUT2D eigenvalue weighted by atomic mass is 35.5. The molecule has 218 valence electrons. The smallest absolute Gasteiger partial charge is 0.251 e. The number of β-amino-alcohol motifs (C(OH)–C–C–N with tert-alkyl or cyclic N) is 1. The van der Waals surface area contributed by atoms with Gasteiger partial charge in [-0.05, 0) is 60.9 Å². The number of fused-ring (bicyclic) bond motifs is 1. The molecule has 0 spiro atoms. The van der Waals surface area contributed by atoms with Crippen molar-refractivity contribution in [2.45, 2.75) is 51.9 Å². The first kappa shape index (κ1) is 29.0. The number of halogens is 1. The van der Waals surface area contributed by atoms with Crippen molar-refractivity contribution in [1.82, 2.24) is 25.1 Å². The molecule has 2 N–H and O–H groups in total. The molecule has 2 aliphatic rings. The molecule has 10 nitrogen and oxygen atoms in total. The molecule has 0 bridgehead atoms. The average molecular weight is 582 g/mol. The zero-order valence-corrected chi connectivity index (χ0v) is 24.0. The van der Waals surface area contributed by atoms with Crippen molar-refractivity contribution in [2.24, 2.45) is 5.92 Å². The van der Waals surface area contributed by atoms with Crippen LogP contribution in [-0.4, -0.2) is 75.5 Å². The van der Waals surface area contributed by atoms with Crippen molar-refractivity contribution in [3.05, 3.63) is 76.2 Å². The number of aliphatic hydroxyl groups excluding tert-OH is 1. The van der Waals surface area contributed by atoms with E-state index in [1.165, 1.54) is 6.39 Å². The van der Waals surface area contributed by atoms with Crippen molar-refractivity contribution in [3.63, 3.8) is 0 Å². The van der Waals surface area contributed by atoms with Gasteiger partial charge in [-0.3, -0.25) is 19.5 Å². The summed E-state index contributed by atoms with van der Waals surface area (Å²) >= 11 is 6.64. The molecule has 4 heterocycles. The number of carbonyl (C=O) groups is 2. The van der Waals surface area contributed by atoms with E-state index in [2.05, 4.69) is 20.2 Å². The van der Waals surface area contributed by atoms with E-state index in [0.717, 1.165) is 62.1 Å². The lowest BCUT2D eigenvalue weighted by Gasteiger charge is -2.31. The molecule has 2 aliphatic heterocycles. The number of likely N-dealkylation sites (tertiary alicyclic amines) is 1. The van der Waals surface area contributed by atoms with Crippen LogP contribution in [0, 0.1) is 5.92 Å². The Morgan fingerprint density at radius 1 is 1.24 bits per heavy atom. The van der Waals surface area contributed by atoms with Crippen LogP contribution < -0.4 is 10.1 Å². The number of oxazole rings is 1. The summed E-state index contributed by atoms with van der Waals surface area (Å²) < 4.78 is 11.0. The van der Waals surface area contributed by atoms with E-state index >= 15 is 0 Å². The zero-order valence-electron chi connectivity index (χ0n) is 23.2. The minimum atomic E-state index is -0.715. The molecule has 5 rings (SSSR count). The number of hydrogen-bond donors (Lipinski definition) is 2. The second-order valence-electron chi connectivity index (χ2n) is 10.8.